The number of halogens is 4. The molecule has 4 nitrogen and oxygen atoms in total. The first kappa shape index (κ1) is 18.0. The van der Waals surface area contributed by atoms with Crippen LogP contribution >= 0.6 is 0 Å². The predicted octanol–water partition coefficient (Wildman–Crippen LogP) is 4.58. The highest BCUT2D eigenvalue weighted by atomic mass is 19.4. The van der Waals surface area contributed by atoms with Gasteiger partial charge in [-0.3, -0.25) is 0 Å². The fourth-order valence-corrected chi connectivity index (χ4v) is 1.98. The second-order valence-corrected chi connectivity index (χ2v) is 5.13. The minimum atomic E-state index is -4.62. The van der Waals surface area contributed by atoms with E-state index in [-0.39, 0.29) is 11.8 Å². The molecule has 0 aliphatic rings. The summed E-state index contributed by atoms with van der Waals surface area (Å²) in [6.07, 6.45) is -2.30. The largest absolute Gasteiger partial charge is 0.463 e. The van der Waals surface area contributed by atoms with E-state index in [1.54, 1.807) is 0 Å². The van der Waals surface area contributed by atoms with Crippen LogP contribution in [0.25, 0.3) is 0 Å². The predicted molar refractivity (Wildman–Crippen MR) is 81.9 cm³/mol. The number of aromatic nitrogens is 2. The van der Waals surface area contributed by atoms with Crippen molar-refractivity contribution in [1.29, 1.82) is 0 Å². The first-order valence-electron chi connectivity index (χ1n) is 7.39. The van der Waals surface area contributed by atoms with Crippen LogP contribution in [-0.4, -0.2) is 23.6 Å². The van der Waals surface area contributed by atoms with E-state index in [0.29, 0.717) is 18.5 Å². The van der Waals surface area contributed by atoms with Crippen LogP contribution in [0.3, 0.4) is 0 Å². The molecule has 0 saturated heterocycles. The van der Waals surface area contributed by atoms with Gasteiger partial charge in [0.25, 0.3) is 0 Å². The van der Waals surface area contributed by atoms with E-state index in [0.717, 1.165) is 12.8 Å². The second-order valence-electron chi connectivity index (χ2n) is 5.13. The molecule has 8 heteroatoms. The molecule has 2 rings (SSSR count). The van der Waals surface area contributed by atoms with Gasteiger partial charge in [0, 0.05) is 18.9 Å². The highest BCUT2D eigenvalue weighted by Gasteiger charge is 2.36. The van der Waals surface area contributed by atoms with Gasteiger partial charge in [0.15, 0.2) is 5.82 Å². The van der Waals surface area contributed by atoms with Crippen molar-refractivity contribution >= 4 is 11.5 Å². The summed E-state index contributed by atoms with van der Waals surface area (Å²) >= 11 is 0. The van der Waals surface area contributed by atoms with Crippen molar-refractivity contribution in [2.75, 3.05) is 18.6 Å². The zero-order chi connectivity index (χ0) is 17.7. The Labute approximate surface area is 137 Å². The monoisotopic (exact) mass is 343 g/mol. The lowest BCUT2D eigenvalue weighted by atomic mass is 10.2. The summed E-state index contributed by atoms with van der Waals surface area (Å²) in [6.45, 7) is 2.28. The SMILES string of the molecule is CCCCOc1ncc(C(F)(F)F)c(N(C)c2ccc(F)cc2)n1. The van der Waals surface area contributed by atoms with Gasteiger partial charge in [-0.25, -0.2) is 9.37 Å². The standard InChI is InChI=1S/C16H17F4N3O/c1-3-4-9-24-15-21-10-13(16(18,19)20)14(22-15)23(2)12-7-5-11(17)6-8-12/h5-8,10H,3-4,9H2,1-2H3. The number of hydrogen-bond donors (Lipinski definition) is 0. The van der Waals surface area contributed by atoms with Crippen LogP contribution in [0.1, 0.15) is 25.3 Å². The van der Waals surface area contributed by atoms with Crippen LogP contribution < -0.4 is 9.64 Å². The van der Waals surface area contributed by atoms with E-state index in [9.17, 15) is 17.6 Å². The number of anilines is 2. The first-order chi connectivity index (χ1) is 11.3. The Morgan fingerprint density at radius 2 is 1.83 bits per heavy atom. The third-order valence-corrected chi connectivity index (χ3v) is 3.31. The molecule has 0 N–H and O–H groups in total. The molecule has 24 heavy (non-hydrogen) atoms. The van der Waals surface area contributed by atoms with E-state index < -0.39 is 17.6 Å². The summed E-state index contributed by atoms with van der Waals surface area (Å²) in [4.78, 5) is 8.74. The van der Waals surface area contributed by atoms with Crippen molar-refractivity contribution in [2.45, 2.75) is 25.9 Å². The van der Waals surface area contributed by atoms with E-state index in [1.165, 1.54) is 36.2 Å². The molecule has 0 amide bonds. The summed E-state index contributed by atoms with van der Waals surface area (Å²) in [5.74, 6) is -0.829. The first-order valence-corrected chi connectivity index (χ1v) is 7.39. The minimum absolute atomic E-state index is 0.125. The highest BCUT2D eigenvalue weighted by molar-refractivity contribution is 5.62. The Morgan fingerprint density at radius 1 is 1.17 bits per heavy atom. The number of ether oxygens (including phenoxy) is 1. The zero-order valence-electron chi connectivity index (χ0n) is 13.3. The molecule has 0 bridgehead atoms. The fourth-order valence-electron chi connectivity index (χ4n) is 1.98. The Bertz CT molecular complexity index is 674. The number of nitrogens with zero attached hydrogens (tertiary/aromatic N) is 3. The fraction of sp³-hybridized carbons (Fsp3) is 0.375. The topological polar surface area (TPSA) is 38.2 Å². The number of hydrogen-bond acceptors (Lipinski definition) is 4. The summed E-state index contributed by atoms with van der Waals surface area (Å²) < 4.78 is 58.0. The van der Waals surface area contributed by atoms with Crippen molar-refractivity contribution in [3.8, 4) is 6.01 Å². The lowest BCUT2D eigenvalue weighted by molar-refractivity contribution is -0.137. The van der Waals surface area contributed by atoms with Crippen LogP contribution in [-0.2, 0) is 6.18 Å². The number of alkyl halides is 3. The molecular formula is C16H17F4N3O. The molecule has 0 fully saturated rings. The van der Waals surface area contributed by atoms with Crippen LogP contribution in [0.2, 0.25) is 0 Å². The van der Waals surface area contributed by atoms with Crippen LogP contribution in [0.15, 0.2) is 30.5 Å². The molecule has 0 unspecified atom stereocenters. The molecule has 0 atom stereocenters. The Balaban J connectivity index is 2.39. The lowest BCUT2D eigenvalue weighted by Crippen LogP contribution is -2.19. The quantitative estimate of drug-likeness (QED) is 0.568. The van der Waals surface area contributed by atoms with Gasteiger partial charge in [-0.1, -0.05) is 13.3 Å². The molecule has 0 aliphatic heterocycles. The average molecular weight is 343 g/mol. The van der Waals surface area contributed by atoms with Gasteiger partial charge in [0.2, 0.25) is 0 Å². The molecule has 0 saturated carbocycles. The average Bonchev–Trinajstić information content (AvgIpc) is 2.54. The smallest absolute Gasteiger partial charge is 0.421 e. The van der Waals surface area contributed by atoms with Crippen molar-refractivity contribution in [3.63, 3.8) is 0 Å². The zero-order valence-corrected chi connectivity index (χ0v) is 13.3. The maximum atomic E-state index is 13.2. The summed E-state index contributed by atoms with van der Waals surface area (Å²) in [6, 6.07) is 4.95. The Kier molecular flexibility index (Phi) is 5.58. The van der Waals surface area contributed by atoms with E-state index in [1.807, 2.05) is 6.92 Å². The van der Waals surface area contributed by atoms with Gasteiger partial charge >= 0.3 is 12.2 Å². The van der Waals surface area contributed by atoms with Gasteiger partial charge in [-0.15, -0.1) is 0 Å². The van der Waals surface area contributed by atoms with Crippen molar-refractivity contribution in [3.05, 3.63) is 41.8 Å². The molecule has 0 aliphatic carbocycles. The number of unbranched alkanes of at least 4 members (excludes halogenated alkanes) is 1. The maximum absolute atomic E-state index is 13.2. The van der Waals surface area contributed by atoms with Crippen molar-refractivity contribution < 1.29 is 22.3 Å². The van der Waals surface area contributed by atoms with Gasteiger partial charge in [-0.2, -0.15) is 18.2 Å². The number of rotatable bonds is 6. The van der Waals surface area contributed by atoms with Gasteiger partial charge < -0.3 is 9.64 Å². The van der Waals surface area contributed by atoms with Crippen LogP contribution in [0.4, 0.5) is 29.1 Å². The molecule has 2 aromatic rings. The minimum Gasteiger partial charge on any atom is -0.463 e. The van der Waals surface area contributed by atoms with Crippen LogP contribution in [0, 0.1) is 5.82 Å². The Morgan fingerprint density at radius 3 is 2.42 bits per heavy atom. The third kappa shape index (κ3) is 4.33. The van der Waals surface area contributed by atoms with Gasteiger partial charge in [0.1, 0.15) is 11.4 Å². The van der Waals surface area contributed by atoms with Crippen molar-refractivity contribution in [1.82, 2.24) is 9.97 Å². The molecular weight excluding hydrogens is 326 g/mol. The highest BCUT2D eigenvalue weighted by Crippen LogP contribution is 2.37. The maximum Gasteiger partial charge on any atom is 0.421 e. The summed E-state index contributed by atoms with van der Waals surface area (Å²) in [5.41, 5.74) is -0.628. The lowest BCUT2D eigenvalue weighted by Gasteiger charge is -2.22. The molecule has 1 aromatic carbocycles. The summed E-state index contributed by atoms with van der Waals surface area (Å²) in [5, 5.41) is 0. The molecule has 1 heterocycles. The van der Waals surface area contributed by atoms with Gasteiger partial charge in [-0.05, 0) is 30.7 Å². The molecule has 0 spiro atoms. The second kappa shape index (κ2) is 7.46. The van der Waals surface area contributed by atoms with Gasteiger partial charge in [0.05, 0.1) is 6.61 Å². The molecule has 130 valence electrons. The molecule has 1 aromatic heterocycles. The summed E-state index contributed by atoms with van der Waals surface area (Å²) in [7, 11) is 1.42. The van der Waals surface area contributed by atoms with E-state index >= 15 is 0 Å². The third-order valence-electron chi connectivity index (χ3n) is 3.31. The van der Waals surface area contributed by atoms with E-state index in [4.69, 9.17) is 4.74 Å². The van der Waals surface area contributed by atoms with Crippen molar-refractivity contribution in [2.24, 2.45) is 0 Å². The van der Waals surface area contributed by atoms with E-state index in [2.05, 4.69) is 9.97 Å². The number of benzene rings is 1. The normalized spacial score (nSPS) is 11.4. The Hall–Kier alpha value is -2.38. The van der Waals surface area contributed by atoms with Crippen LogP contribution in [0.5, 0.6) is 6.01 Å². The molecule has 0 radical (unpaired) electrons.